The summed E-state index contributed by atoms with van der Waals surface area (Å²) in [6.45, 7) is 10.8. The van der Waals surface area contributed by atoms with Gasteiger partial charge in [0.05, 0.1) is 25.2 Å². The van der Waals surface area contributed by atoms with Crippen LogP contribution in [0.3, 0.4) is 0 Å². The predicted molar refractivity (Wildman–Crippen MR) is 124 cm³/mol. The fourth-order valence-electron chi connectivity index (χ4n) is 2.72. The van der Waals surface area contributed by atoms with Crippen molar-refractivity contribution in [3.05, 3.63) is 84.1 Å². The zero-order valence-corrected chi connectivity index (χ0v) is 18.7. The summed E-state index contributed by atoms with van der Waals surface area (Å²) in [6.07, 6.45) is 3.23. The first kappa shape index (κ1) is 25.4. The van der Waals surface area contributed by atoms with Gasteiger partial charge in [0.25, 0.3) is 0 Å². The Bertz CT molecular complexity index is 654. The number of ether oxygens (including phenoxy) is 2. The molecule has 30 heavy (non-hydrogen) atoms. The van der Waals surface area contributed by atoms with Crippen LogP contribution in [0.25, 0.3) is 0 Å². The molecule has 2 aromatic rings. The minimum absolute atomic E-state index is 0.164. The lowest BCUT2D eigenvalue weighted by Crippen LogP contribution is -2.26. The summed E-state index contributed by atoms with van der Waals surface area (Å²) in [6, 6.07) is 19.7. The van der Waals surface area contributed by atoms with Gasteiger partial charge < -0.3 is 15.2 Å². The van der Waals surface area contributed by atoms with Crippen LogP contribution in [0.4, 0.5) is 0 Å². The third-order valence-electron chi connectivity index (χ3n) is 4.32. The molecule has 0 radical (unpaired) electrons. The fourth-order valence-corrected chi connectivity index (χ4v) is 2.72. The van der Waals surface area contributed by atoms with E-state index in [1.807, 2.05) is 67.6 Å². The van der Waals surface area contributed by atoms with Gasteiger partial charge in [0.15, 0.2) is 0 Å². The van der Waals surface area contributed by atoms with Crippen molar-refractivity contribution in [3.63, 3.8) is 0 Å². The van der Waals surface area contributed by atoms with Gasteiger partial charge in [0.2, 0.25) is 0 Å². The molecule has 0 saturated carbocycles. The first-order valence-electron chi connectivity index (χ1n) is 10.8. The van der Waals surface area contributed by atoms with Crippen LogP contribution in [-0.4, -0.2) is 25.2 Å². The third kappa shape index (κ3) is 10.8. The average Bonchev–Trinajstić information content (AvgIpc) is 2.75. The quantitative estimate of drug-likeness (QED) is 0.309. The Morgan fingerprint density at radius 3 is 1.90 bits per heavy atom. The zero-order chi connectivity index (χ0) is 22.2. The standard InChI is InChI=1S/C23H29NO3.C3H8/c1-18(16-20-10-5-3-6-11-20)23(25)27-15-9-14-26-19(2)22(24)17-21-12-7-4-8-13-21;1-3-2/h3-8,10-13,18,22H,2,9,14-17,24H2,1H3;3H2,1-2H3. The number of hydrogen-bond acceptors (Lipinski definition) is 4. The van der Waals surface area contributed by atoms with Gasteiger partial charge in [0.1, 0.15) is 5.76 Å². The highest BCUT2D eigenvalue weighted by atomic mass is 16.5. The van der Waals surface area contributed by atoms with Crippen molar-refractivity contribution in [1.82, 2.24) is 0 Å². The number of esters is 1. The van der Waals surface area contributed by atoms with Gasteiger partial charge in [-0.3, -0.25) is 4.79 Å². The van der Waals surface area contributed by atoms with Crippen molar-refractivity contribution in [2.45, 2.75) is 52.5 Å². The van der Waals surface area contributed by atoms with E-state index < -0.39 is 0 Å². The van der Waals surface area contributed by atoms with Crippen LogP contribution in [0.5, 0.6) is 0 Å². The molecule has 164 valence electrons. The summed E-state index contributed by atoms with van der Waals surface area (Å²) in [5.41, 5.74) is 8.40. The second-order valence-corrected chi connectivity index (χ2v) is 7.43. The molecule has 0 spiro atoms. The highest BCUT2D eigenvalue weighted by Crippen LogP contribution is 2.11. The lowest BCUT2D eigenvalue weighted by atomic mass is 10.0. The van der Waals surface area contributed by atoms with Crippen LogP contribution in [0.15, 0.2) is 73.0 Å². The molecule has 0 aliphatic carbocycles. The summed E-state index contributed by atoms with van der Waals surface area (Å²) in [5.74, 6) is 0.212. The van der Waals surface area contributed by atoms with Gasteiger partial charge in [-0.15, -0.1) is 0 Å². The van der Waals surface area contributed by atoms with Crippen molar-refractivity contribution >= 4 is 5.97 Å². The maximum absolute atomic E-state index is 12.1. The maximum Gasteiger partial charge on any atom is 0.308 e. The Balaban J connectivity index is 0.00000141. The fraction of sp³-hybridized carbons (Fsp3) is 0.423. The van der Waals surface area contributed by atoms with Crippen molar-refractivity contribution < 1.29 is 14.3 Å². The van der Waals surface area contributed by atoms with Crippen molar-refractivity contribution in [3.8, 4) is 0 Å². The number of carbonyl (C=O) groups excluding carboxylic acids is 1. The maximum atomic E-state index is 12.1. The summed E-state index contributed by atoms with van der Waals surface area (Å²) < 4.78 is 10.9. The molecule has 0 saturated heterocycles. The Morgan fingerprint density at radius 2 is 1.37 bits per heavy atom. The molecule has 0 bridgehead atoms. The summed E-state index contributed by atoms with van der Waals surface area (Å²) in [5, 5.41) is 0. The number of benzene rings is 2. The van der Waals surface area contributed by atoms with Gasteiger partial charge >= 0.3 is 5.97 Å². The molecule has 0 amide bonds. The van der Waals surface area contributed by atoms with E-state index in [9.17, 15) is 4.79 Å². The van der Waals surface area contributed by atoms with E-state index >= 15 is 0 Å². The van der Waals surface area contributed by atoms with E-state index in [2.05, 4.69) is 20.4 Å². The molecule has 0 aromatic heterocycles. The summed E-state index contributed by atoms with van der Waals surface area (Å²) in [4.78, 5) is 12.1. The Labute approximate surface area is 182 Å². The minimum Gasteiger partial charge on any atom is -0.497 e. The zero-order valence-electron chi connectivity index (χ0n) is 18.7. The summed E-state index contributed by atoms with van der Waals surface area (Å²) in [7, 11) is 0. The SMILES string of the molecule is C=C(OCCCOC(=O)C(C)Cc1ccccc1)C(N)Cc1ccccc1.CCC. The third-order valence-corrected chi connectivity index (χ3v) is 4.32. The highest BCUT2D eigenvalue weighted by molar-refractivity contribution is 5.72. The van der Waals surface area contributed by atoms with E-state index in [1.165, 1.54) is 6.42 Å². The van der Waals surface area contributed by atoms with Crippen LogP contribution in [0.1, 0.15) is 44.7 Å². The highest BCUT2D eigenvalue weighted by Gasteiger charge is 2.15. The number of hydrogen-bond donors (Lipinski definition) is 1. The van der Waals surface area contributed by atoms with Crippen LogP contribution in [0.2, 0.25) is 0 Å². The average molecular weight is 412 g/mol. The van der Waals surface area contributed by atoms with Crippen molar-refractivity contribution in [1.29, 1.82) is 0 Å². The first-order chi connectivity index (χ1) is 14.5. The first-order valence-corrected chi connectivity index (χ1v) is 10.8. The molecule has 2 rings (SSSR count). The second kappa shape index (κ2) is 15.3. The van der Waals surface area contributed by atoms with Gasteiger partial charge in [-0.2, -0.15) is 0 Å². The molecule has 0 fully saturated rings. The topological polar surface area (TPSA) is 61.5 Å². The van der Waals surface area contributed by atoms with Crippen LogP contribution in [0, 0.1) is 5.92 Å². The normalized spacial score (nSPS) is 12.1. The number of carbonyl (C=O) groups is 1. The molecular formula is C26H37NO3. The largest absolute Gasteiger partial charge is 0.497 e. The van der Waals surface area contributed by atoms with E-state index in [0.29, 0.717) is 38.2 Å². The predicted octanol–water partition coefficient (Wildman–Crippen LogP) is 5.32. The minimum atomic E-state index is -0.249. The molecule has 4 heteroatoms. The van der Waals surface area contributed by atoms with Gasteiger partial charge in [-0.25, -0.2) is 0 Å². The van der Waals surface area contributed by atoms with Crippen molar-refractivity contribution in [2.24, 2.45) is 11.7 Å². The van der Waals surface area contributed by atoms with Gasteiger partial charge in [0, 0.05) is 6.42 Å². The van der Waals surface area contributed by atoms with Crippen molar-refractivity contribution in [2.75, 3.05) is 13.2 Å². The lowest BCUT2D eigenvalue weighted by Gasteiger charge is -2.16. The second-order valence-electron chi connectivity index (χ2n) is 7.43. The van der Waals surface area contributed by atoms with E-state index in [-0.39, 0.29) is 17.9 Å². The Hall–Kier alpha value is -2.59. The monoisotopic (exact) mass is 411 g/mol. The van der Waals surface area contributed by atoms with E-state index in [4.69, 9.17) is 15.2 Å². The van der Waals surface area contributed by atoms with E-state index in [1.54, 1.807) is 0 Å². The summed E-state index contributed by atoms with van der Waals surface area (Å²) >= 11 is 0. The van der Waals surface area contributed by atoms with E-state index in [0.717, 1.165) is 11.1 Å². The number of nitrogens with two attached hydrogens (primary N) is 1. The molecule has 2 aromatic carbocycles. The molecule has 0 aliphatic rings. The van der Waals surface area contributed by atoms with Crippen LogP contribution in [-0.2, 0) is 27.1 Å². The molecule has 2 atom stereocenters. The smallest absolute Gasteiger partial charge is 0.308 e. The molecule has 0 aliphatic heterocycles. The molecule has 4 nitrogen and oxygen atoms in total. The molecule has 0 heterocycles. The molecular weight excluding hydrogens is 374 g/mol. The number of rotatable bonds is 11. The lowest BCUT2D eigenvalue weighted by molar-refractivity contribution is -0.148. The van der Waals surface area contributed by atoms with Crippen LogP contribution < -0.4 is 5.73 Å². The Kier molecular flexibility index (Phi) is 13.0. The molecule has 2 unspecified atom stereocenters. The van der Waals surface area contributed by atoms with Crippen LogP contribution >= 0.6 is 0 Å². The Morgan fingerprint density at radius 1 is 0.900 bits per heavy atom. The van der Waals surface area contributed by atoms with Gasteiger partial charge in [-0.1, -0.05) is 94.4 Å². The van der Waals surface area contributed by atoms with Gasteiger partial charge in [-0.05, 0) is 24.0 Å². The molecule has 2 N–H and O–H groups in total.